The Balaban J connectivity index is 1.54. The molecule has 1 amide bonds. The van der Waals surface area contributed by atoms with Crippen molar-refractivity contribution in [2.24, 2.45) is 7.05 Å². The zero-order valence-electron chi connectivity index (χ0n) is 15.9. The van der Waals surface area contributed by atoms with E-state index in [1.54, 1.807) is 6.20 Å². The van der Waals surface area contributed by atoms with Crippen LogP contribution in [0, 0.1) is 0 Å². The molecule has 6 heteroatoms. The minimum Gasteiger partial charge on any atom is -0.354 e. The molecule has 0 saturated carbocycles. The molecule has 0 radical (unpaired) electrons. The van der Waals surface area contributed by atoms with Gasteiger partial charge in [0, 0.05) is 29.9 Å². The van der Waals surface area contributed by atoms with Crippen molar-refractivity contribution in [3.63, 3.8) is 0 Å². The van der Waals surface area contributed by atoms with Crippen LogP contribution in [-0.4, -0.2) is 26.8 Å². The van der Waals surface area contributed by atoms with Crippen LogP contribution in [0.25, 0.3) is 21.8 Å². The van der Waals surface area contributed by atoms with E-state index in [2.05, 4.69) is 17.3 Å². The van der Waals surface area contributed by atoms with E-state index in [0.717, 1.165) is 21.9 Å². The first-order valence-corrected chi connectivity index (χ1v) is 9.31. The molecule has 0 unspecified atom stereocenters. The predicted molar refractivity (Wildman–Crippen MR) is 110 cm³/mol. The van der Waals surface area contributed by atoms with Crippen LogP contribution in [0.2, 0.25) is 0 Å². The van der Waals surface area contributed by atoms with Crippen molar-refractivity contribution in [1.82, 2.24) is 19.7 Å². The number of nitrogens with zero attached hydrogens (tertiary/aromatic N) is 3. The van der Waals surface area contributed by atoms with Crippen LogP contribution >= 0.6 is 0 Å². The number of carbonyl (C=O) groups excluding carboxylic acids is 1. The molecular weight excluding hydrogens is 352 g/mol. The van der Waals surface area contributed by atoms with Crippen molar-refractivity contribution in [2.75, 3.05) is 6.54 Å². The molecule has 0 aliphatic carbocycles. The van der Waals surface area contributed by atoms with Gasteiger partial charge in [0.05, 0.1) is 6.20 Å². The zero-order valence-corrected chi connectivity index (χ0v) is 15.9. The van der Waals surface area contributed by atoms with Gasteiger partial charge in [-0.05, 0) is 17.5 Å². The number of para-hydroxylation sites is 1. The third kappa shape index (κ3) is 3.17. The van der Waals surface area contributed by atoms with Crippen molar-refractivity contribution in [1.29, 1.82) is 0 Å². The third-order valence-corrected chi connectivity index (χ3v) is 5.18. The van der Waals surface area contributed by atoms with E-state index in [1.807, 2.05) is 66.2 Å². The van der Waals surface area contributed by atoms with Gasteiger partial charge < -0.3 is 9.88 Å². The number of aryl methyl sites for hydroxylation is 1. The Kier molecular flexibility index (Phi) is 4.69. The quantitative estimate of drug-likeness (QED) is 0.584. The van der Waals surface area contributed by atoms with Crippen LogP contribution in [0.4, 0.5) is 0 Å². The molecule has 0 aliphatic rings. The van der Waals surface area contributed by atoms with E-state index in [9.17, 15) is 9.59 Å². The normalized spacial score (nSPS) is 12.4. The van der Waals surface area contributed by atoms with Gasteiger partial charge in [0.2, 0.25) is 5.91 Å². The molecule has 0 aliphatic heterocycles. The highest BCUT2D eigenvalue weighted by molar-refractivity contribution is 6.07. The van der Waals surface area contributed by atoms with Crippen molar-refractivity contribution in [3.05, 3.63) is 76.7 Å². The van der Waals surface area contributed by atoms with Crippen LogP contribution in [-0.2, 0) is 18.4 Å². The summed E-state index contributed by atoms with van der Waals surface area (Å²) in [6.45, 7) is 2.47. The van der Waals surface area contributed by atoms with Gasteiger partial charge in [0.1, 0.15) is 12.1 Å². The number of nitrogens with one attached hydrogen (secondary N) is 1. The average Bonchev–Trinajstić information content (AvgIpc) is 3.02. The first kappa shape index (κ1) is 18.0. The lowest BCUT2D eigenvalue weighted by Crippen LogP contribution is -2.35. The fraction of sp³-hybridized carbons (Fsp3) is 0.227. The van der Waals surface area contributed by atoms with E-state index < -0.39 is 0 Å². The highest BCUT2D eigenvalue weighted by Gasteiger charge is 2.15. The molecule has 28 heavy (non-hydrogen) atoms. The fourth-order valence-electron chi connectivity index (χ4n) is 3.58. The van der Waals surface area contributed by atoms with Crippen LogP contribution in [0.3, 0.4) is 0 Å². The van der Waals surface area contributed by atoms with Gasteiger partial charge in [-0.3, -0.25) is 9.59 Å². The summed E-state index contributed by atoms with van der Waals surface area (Å²) in [4.78, 5) is 25.3. The summed E-state index contributed by atoms with van der Waals surface area (Å²) in [7, 11) is 1.86. The molecule has 6 nitrogen and oxygen atoms in total. The highest BCUT2D eigenvalue weighted by Crippen LogP contribution is 2.24. The molecule has 0 fully saturated rings. The number of carbonyl (C=O) groups is 1. The molecule has 2 aromatic heterocycles. The predicted octanol–water partition coefficient (Wildman–Crippen LogP) is 2.81. The lowest BCUT2D eigenvalue weighted by Gasteiger charge is -2.13. The lowest BCUT2D eigenvalue weighted by molar-refractivity contribution is -0.121. The SMILES string of the molecule is C[C@H](CNC(=O)Cn1ncc2c3ccccc3n(C)c2c1=O)c1ccccc1. The molecule has 4 rings (SSSR count). The molecule has 142 valence electrons. The van der Waals surface area contributed by atoms with Gasteiger partial charge in [-0.1, -0.05) is 55.5 Å². The fourth-order valence-corrected chi connectivity index (χ4v) is 3.58. The zero-order chi connectivity index (χ0) is 19.7. The van der Waals surface area contributed by atoms with Crippen LogP contribution < -0.4 is 10.9 Å². The minimum atomic E-state index is -0.262. The van der Waals surface area contributed by atoms with Crippen molar-refractivity contribution >= 4 is 27.7 Å². The first-order chi connectivity index (χ1) is 13.6. The van der Waals surface area contributed by atoms with Crippen molar-refractivity contribution < 1.29 is 4.79 Å². The number of hydrogen-bond acceptors (Lipinski definition) is 3. The summed E-state index contributed by atoms with van der Waals surface area (Å²) in [5.41, 5.74) is 2.43. The Hall–Kier alpha value is -3.41. The van der Waals surface area contributed by atoms with Gasteiger partial charge in [0.15, 0.2) is 0 Å². The second kappa shape index (κ2) is 7.31. The molecule has 4 aromatic rings. The minimum absolute atomic E-state index is 0.0994. The Morgan fingerprint density at radius 1 is 1.07 bits per heavy atom. The van der Waals surface area contributed by atoms with Gasteiger partial charge >= 0.3 is 0 Å². The number of rotatable bonds is 5. The van der Waals surface area contributed by atoms with Crippen molar-refractivity contribution in [3.8, 4) is 0 Å². The van der Waals surface area contributed by atoms with Gasteiger partial charge in [0.25, 0.3) is 5.56 Å². The van der Waals surface area contributed by atoms with Gasteiger partial charge in [-0.2, -0.15) is 5.10 Å². The third-order valence-electron chi connectivity index (χ3n) is 5.18. The molecule has 0 spiro atoms. The Labute approximate surface area is 162 Å². The maximum atomic E-state index is 12.9. The summed E-state index contributed by atoms with van der Waals surface area (Å²) < 4.78 is 3.09. The second-order valence-electron chi connectivity index (χ2n) is 7.06. The van der Waals surface area contributed by atoms with Gasteiger partial charge in [-0.15, -0.1) is 0 Å². The van der Waals surface area contributed by atoms with Gasteiger partial charge in [-0.25, -0.2) is 4.68 Å². The van der Waals surface area contributed by atoms with Crippen LogP contribution in [0.15, 0.2) is 65.6 Å². The largest absolute Gasteiger partial charge is 0.354 e. The van der Waals surface area contributed by atoms with E-state index in [4.69, 9.17) is 0 Å². The smallest absolute Gasteiger partial charge is 0.291 e. The highest BCUT2D eigenvalue weighted by atomic mass is 16.2. The Morgan fingerprint density at radius 3 is 2.57 bits per heavy atom. The Morgan fingerprint density at radius 2 is 1.79 bits per heavy atom. The number of benzene rings is 2. The van der Waals surface area contributed by atoms with Crippen LogP contribution in [0.5, 0.6) is 0 Å². The first-order valence-electron chi connectivity index (χ1n) is 9.31. The summed E-state index contributed by atoms with van der Waals surface area (Å²) in [6.07, 6.45) is 1.67. The maximum Gasteiger partial charge on any atom is 0.291 e. The molecule has 2 heterocycles. The van der Waals surface area contributed by atoms with E-state index in [-0.39, 0.29) is 23.9 Å². The molecule has 0 bridgehead atoms. The molecule has 1 N–H and O–H groups in total. The molecule has 2 aromatic carbocycles. The lowest BCUT2D eigenvalue weighted by atomic mass is 10.0. The maximum absolute atomic E-state index is 12.9. The van der Waals surface area contributed by atoms with E-state index >= 15 is 0 Å². The van der Waals surface area contributed by atoms with Crippen LogP contribution in [0.1, 0.15) is 18.4 Å². The summed E-state index contributed by atoms with van der Waals surface area (Å²) in [5, 5.41) is 8.91. The average molecular weight is 374 g/mol. The van der Waals surface area contributed by atoms with E-state index in [0.29, 0.717) is 12.1 Å². The standard InChI is InChI=1S/C22H22N4O2/c1-15(16-8-4-3-5-9-16)12-23-20(27)14-26-22(28)21-18(13-24-26)17-10-6-7-11-19(17)25(21)2/h3-11,13,15H,12,14H2,1-2H3,(H,23,27)/t15-/m1/s1. The number of hydrogen-bond donors (Lipinski definition) is 1. The van der Waals surface area contributed by atoms with E-state index in [1.165, 1.54) is 4.68 Å². The van der Waals surface area contributed by atoms with Crippen molar-refractivity contribution in [2.45, 2.75) is 19.4 Å². The summed E-state index contributed by atoms with van der Waals surface area (Å²) >= 11 is 0. The number of amides is 1. The number of aromatic nitrogens is 3. The second-order valence-corrected chi connectivity index (χ2v) is 7.06. The summed E-state index contributed by atoms with van der Waals surface area (Å²) in [6, 6.07) is 17.8. The molecule has 1 atom stereocenters. The number of fused-ring (bicyclic) bond motifs is 3. The molecular formula is C22H22N4O2. The summed E-state index contributed by atoms with van der Waals surface area (Å²) in [5.74, 6) is -0.0361. The topological polar surface area (TPSA) is 68.9 Å². The Bertz CT molecular complexity index is 1210. The monoisotopic (exact) mass is 374 g/mol. The molecule has 0 saturated heterocycles.